The normalized spacial score (nSPS) is 24.0. The maximum absolute atomic E-state index is 8.95. The van der Waals surface area contributed by atoms with Crippen LogP contribution in [0.25, 0.3) is 0 Å². The molecule has 16 heavy (non-hydrogen) atoms. The van der Waals surface area contributed by atoms with Crippen molar-refractivity contribution < 1.29 is 4.74 Å². The SMILES string of the molecule is CC1(CNc2ccccc2C#N)CCCO1. The van der Waals surface area contributed by atoms with E-state index >= 15 is 0 Å². The summed E-state index contributed by atoms with van der Waals surface area (Å²) in [7, 11) is 0. The van der Waals surface area contributed by atoms with Crippen LogP contribution in [-0.2, 0) is 4.74 Å². The number of nitriles is 1. The van der Waals surface area contributed by atoms with Gasteiger partial charge >= 0.3 is 0 Å². The summed E-state index contributed by atoms with van der Waals surface area (Å²) in [6, 6.07) is 9.73. The summed E-state index contributed by atoms with van der Waals surface area (Å²) in [5, 5.41) is 12.3. The molecule has 1 unspecified atom stereocenters. The van der Waals surface area contributed by atoms with E-state index in [1.807, 2.05) is 24.3 Å². The molecule has 0 saturated carbocycles. The van der Waals surface area contributed by atoms with Crippen molar-refractivity contribution in [2.45, 2.75) is 25.4 Å². The van der Waals surface area contributed by atoms with Gasteiger partial charge in [-0.15, -0.1) is 0 Å². The lowest BCUT2D eigenvalue weighted by Gasteiger charge is -2.24. The van der Waals surface area contributed by atoms with Crippen molar-refractivity contribution in [2.24, 2.45) is 0 Å². The Hall–Kier alpha value is -1.53. The number of hydrogen-bond donors (Lipinski definition) is 1. The molecule has 1 aliphatic heterocycles. The van der Waals surface area contributed by atoms with Crippen LogP contribution in [0.15, 0.2) is 24.3 Å². The number of para-hydroxylation sites is 1. The van der Waals surface area contributed by atoms with Crippen molar-refractivity contribution in [3.8, 4) is 6.07 Å². The van der Waals surface area contributed by atoms with E-state index in [4.69, 9.17) is 10.00 Å². The Morgan fingerprint density at radius 3 is 3.00 bits per heavy atom. The molecule has 1 fully saturated rings. The molecule has 1 atom stereocenters. The molecular weight excluding hydrogens is 200 g/mol. The van der Waals surface area contributed by atoms with Gasteiger partial charge in [-0.05, 0) is 31.9 Å². The minimum Gasteiger partial charge on any atom is -0.381 e. The average Bonchev–Trinajstić information content (AvgIpc) is 2.74. The van der Waals surface area contributed by atoms with Gasteiger partial charge in [0.2, 0.25) is 0 Å². The highest BCUT2D eigenvalue weighted by Gasteiger charge is 2.29. The average molecular weight is 216 g/mol. The zero-order chi connectivity index (χ0) is 11.4. The molecule has 0 amide bonds. The first kappa shape index (κ1) is 11.0. The maximum atomic E-state index is 8.95. The van der Waals surface area contributed by atoms with Crippen LogP contribution in [0.2, 0.25) is 0 Å². The summed E-state index contributed by atoms with van der Waals surface area (Å²) in [6.45, 7) is 3.71. The van der Waals surface area contributed by atoms with E-state index in [0.29, 0.717) is 5.56 Å². The Labute approximate surface area is 96.0 Å². The summed E-state index contributed by atoms with van der Waals surface area (Å²) in [6.07, 6.45) is 2.20. The second-order valence-corrected chi connectivity index (χ2v) is 4.41. The molecule has 0 aromatic heterocycles. The third kappa shape index (κ3) is 2.34. The molecule has 84 valence electrons. The van der Waals surface area contributed by atoms with Gasteiger partial charge in [-0.3, -0.25) is 0 Å². The largest absolute Gasteiger partial charge is 0.381 e. The van der Waals surface area contributed by atoms with E-state index in [-0.39, 0.29) is 5.60 Å². The zero-order valence-corrected chi connectivity index (χ0v) is 9.49. The second kappa shape index (κ2) is 4.54. The van der Waals surface area contributed by atoms with Crippen molar-refractivity contribution in [3.05, 3.63) is 29.8 Å². The molecule has 1 aromatic rings. The van der Waals surface area contributed by atoms with E-state index in [1.54, 1.807) is 0 Å². The molecule has 2 rings (SSSR count). The number of nitrogens with zero attached hydrogens (tertiary/aromatic N) is 1. The van der Waals surface area contributed by atoms with Crippen molar-refractivity contribution >= 4 is 5.69 Å². The van der Waals surface area contributed by atoms with Gasteiger partial charge in [0, 0.05) is 13.2 Å². The first-order valence-corrected chi connectivity index (χ1v) is 5.60. The van der Waals surface area contributed by atoms with Crippen LogP contribution >= 0.6 is 0 Å². The molecule has 1 heterocycles. The Balaban J connectivity index is 2.02. The highest BCUT2D eigenvalue weighted by Crippen LogP contribution is 2.26. The van der Waals surface area contributed by atoms with Gasteiger partial charge in [-0.1, -0.05) is 12.1 Å². The topological polar surface area (TPSA) is 45.0 Å². The lowest BCUT2D eigenvalue weighted by atomic mass is 10.0. The Morgan fingerprint density at radius 2 is 2.31 bits per heavy atom. The number of ether oxygens (including phenoxy) is 1. The summed E-state index contributed by atoms with van der Waals surface area (Å²) < 4.78 is 5.69. The van der Waals surface area contributed by atoms with Crippen molar-refractivity contribution in [3.63, 3.8) is 0 Å². The van der Waals surface area contributed by atoms with Gasteiger partial charge in [0.25, 0.3) is 0 Å². The van der Waals surface area contributed by atoms with Crippen molar-refractivity contribution in [1.29, 1.82) is 5.26 Å². The van der Waals surface area contributed by atoms with Crippen LogP contribution in [0, 0.1) is 11.3 Å². The van der Waals surface area contributed by atoms with Gasteiger partial charge in [0.1, 0.15) is 6.07 Å². The Morgan fingerprint density at radius 1 is 1.50 bits per heavy atom. The van der Waals surface area contributed by atoms with Gasteiger partial charge in [0.05, 0.1) is 16.9 Å². The van der Waals surface area contributed by atoms with Crippen LogP contribution in [-0.4, -0.2) is 18.8 Å². The highest BCUT2D eigenvalue weighted by molar-refractivity contribution is 5.57. The summed E-state index contributed by atoms with van der Waals surface area (Å²) in [5.41, 5.74) is 1.49. The third-order valence-electron chi connectivity index (χ3n) is 3.00. The Bertz CT molecular complexity index is 403. The monoisotopic (exact) mass is 216 g/mol. The molecule has 1 saturated heterocycles. The van der Waals surface area contributed by atoms with Gasteiger partial charge < -0.3 is 10.1 Å². The molecule has 0 bridgehead atoms. The predicted molar refractivity (Wildman–Crippen MR) is 63.2 cm³/mol. The van der Waals surface area contributed by atoms with E-state index < -0.39 is 0 Å². The second-order valence-electron chi connectivity index (χ2n) is 4.41. The lowest BCUT2D eigenvalue weighted by molar-refractivity contribution is 0.0315. The standard InChI is InChI=1S/C13H16N2O/c1-13(7-4-8-16-13)10-15-12-6-3-2-5-11(12)9-14/h2-3,5-6,15H,4,7-8,10H2,1H3. The highest BCUT2D eigenvalue weighted by atomic mass is 16.5. The van der Waals surface area contributed by atoms with E-state index in [2.05, 4.69) is 18.3 Å². The van der Waals surface area contributed by atoms with Crippen LogP contribution in [0.4, 0.5) is 5.69 Å². The minimum atomic E-state index is -0.0808. The first-order chi connectivity index (χ1) is 7.73. The summed E-state index contributed by atoms with van der Waals surface area (Å²) in [5.74, 6) is 0. The fourth-order valence-corrected chi connectivity index (χ4v) is 1.99. The van der Waals surface area contributed by atoms with Crippen LogP contribution in [0.1, 0.15) is 25.3 Å². The summed E-state index contributed by atoms with van der Waals surface area (Å²) >= 11 is 0. The number of rotatable bonds is 3. The molecule has 3 heteroatoms. The molecule has 0 aliphatic carbocycles. The van der Waals surface area contributed by atoms with Crippen molar-refractivity contribution in [2.75, 3.05) is 18.5 Å². The van der Waals surface area contributed by atoms with Crippen LogP contribution < -0.4 is 5.32 Å². The molecular formula is C13H16N2O. The number of anilines is 1. The quantitative estimate of drug-likeness (QED) is 0.844. The fraction of sp³-hybridized carbons (Fsp3) is 0.462. The van der Waals surface area contributed by atoms with E-state index in [9.17, 15) is 0 Å². The Kier molecular flexibility index (Phi) is 3.12. The zero-order valence-electron chi connectivity index (χ0n) is 9.49. The van der Waals surface area contributed by atoms with Crippen LogP contribution in [0.3, 0.4) is 0 Å². The van der Waals surface area contributed by atoms with Gasteiger partial charge in [0.15, 0.2) is 0 Å². The number of hydrogen-bond acceptors (Lipinski definition) is 3. The minimum absolute atomic E-state index is 0.0808. The number of benzene rings is 1. The molecule has 0 spiro atoms. The first-order valence-electron chi connectivity index (χ1n) is 5.60. The van der Waals surface area contributed by atoms with Crippen molar-refractivity contribution in [1.82, 2.24) is 0 Å². The predicted octanol–water partition coefficient (Wildman–Crippen LogP) is 2.54. The maximum Gasteiger partial charge on any atom is 0.101 e. The fourth-order valence-electron chi connectivity index (χ4n) is 1.99. The molecule has 0 radical (unpaired) electrons. The van der Waals surface area contributed by atoms with Gasteiger partial charge in [-0.2, -0.15) is 5.26 Å². The molecule has 1 N–H and O–H groups in total. The molecule has 3 nitrogen and oxygen atoms in total. The lowest BCUT2D eigenvalue weighted by Crippen LogP contribution is -2.32. The van der Waals surface area contributed by atoms with E-state index in [0.717, 1.165) is 31.7 Å². The molecule has 1 aromatic carbocycles. The smallest absolute Gasteiger partial charge is 0.101 e. The number of nitrogens with one attached hydrogen (secondary N) is 1. The van der Waals surface area contributed by atoms with Gasteiger partial charge in [-0.25, -0.2) is 0 Å². The molecule has 1 aliphatic rings. The van der Waals surface area contributed by atoms with E-state index in [1.165, 1.54) is 0 Å². The third-order valence-corrected chi connectivity index (χ3v) is 3.00. The van der Waals surface area contributed by atoms with Crippen LogP contribution in [0.5, 0.6) is 0 Å². The summed E-state index contributed by atoms with van der Waals surface area (Å²) in [4.78, 5) is 0.